The van der Waals surface area contributed by atoms with Crippen LogP contribution in [0.15, 0.2) is 24.3 Å². The molecule has 1 fully saturated rings. The minimum Gasteiger partial charge on any atom is -0.300 e. The number of alkyl halides is 1. The molecule has 1 saturated carbocycles. The van der Waals surface area contributed by atoms with E-state index in [0.29, 0.717) is 5.78 Å². The lowest BCUT2D eigenvalue weighted by atomic mass is 10.2. The molecule has 0 aliphatic heterocycles. The van der Waals surface area contributed by atoms with E-state index in [1.807, 2.05) is 31.2 Å². The van der Waals surface area contributed by atoms with E-state index in [9.17, 15) is 4.79 Å². The second-order valence-corrected chi connectivity index (χ2v) is 5.76. The van der Waals surface area contributed by atoms with E-state index in [1.54, 1.807) is 0 Å². The number of Topliss-reactive ketones (excluding diaryl/α,β-unsaturated/α-hetero) is 1. The summed E-state index contributed by atoms with van der Waals surface area (Å²) in [5, 5.41) is 0.810. The molecule has 114 valence electrons. The molecule has 0 atom stereocenters. The van der Waals surface area contributed by atoms with Gasteiger partial charge in [0.2, 0.25) is 0 Å². The Bertz CT molecular complexity index is 335. The average Bonchev–Trinajstić information content (AvgIpc) is 2.89. The Morgan fingerprint density at radius 2 is 1.80 bits per heavy atom. The van der Waals surface area contributed by atoms with Gasteiger partial charge in [-0.25, -0.2) is 0 Å². The fraction of sp³-hybridized carbons (Fsp3) is 0.588. The molecular weight excluding hydrogens is 291 g/mol. The van der Waals surface area contributed by atoms with Gasteiger partial charge in [-0.1, -0.05) is 43.5 Å². The van der Waals surface area contributed by atoms with E-state index in [-0.39, 0.29) is 0 Å². The Morgan fingerprint density at radius 1 is 1.15 bits per heavy atom. The van der Waals surface area contributed by atoms with Crippen molar-refractivity contribution in [1.29, 1.82) is 0 Å². The van der Waals surface area contributed by atoms with Crippen molar-refractivity contribution in [2.45, 2.75) is 58.8 Å². The molecule has 1 nitrogen and oxygen atoms in total. The summed E-state index contributed by atoms with van der Waals surface area (Å²) in [6.07, 6.45) is 7.70. The van der Waals surface area contributed by atoms with Crippen LogP contribution in [0.1, 0.15) is 57.4 Å². The van der Waals surface area contributed by atoms with Crippen molar-refractivity contribution in [2.75, 3.05) is 5.88 Å². The van der Waals surface area contributed by atoms with E-state index < -0.39 is 0 Å². The third kappa shape index (κ3) is 12.5. The normalized spacial score (nSPS) is 13.1. The first-order chi connectivity index (χ1) is 9.60. The van der Waals surface area contributed by atoms with Gasteiger partial charge in [0, 0.05) is 23.7 Å². The summed E-state index contributed by atoms with van der Waals surface area (Å²) in [6, 6.07) is 7.76. The summed E-state index contributed by atoms with van der Waals surface area (Å²) in [5.41, 5.74) is 1.21. The highest BCUT2D eigenvalue weighted by Gasteiger charge is 2.07. The smallest absolute Gasteiger partial charge is 0.132 e. The van der Waals surface area contributed by atoms with Crippen molar-refractivity contribution >= 4 is 29.0 Å². The lowest BCUT2D eigenvalue weighted by Crippen LogP contribution is -1.81. The molecular formula is C17H26Cl2O. The van der Waals surface area contributed by atoms with Gasteiger partial charge in [0.1, 0.15) is 5.78 Å². The number of rotatable bonds is 3. The van der Waals surface area contributed by atoms with Crippen LogP contribution in [0.5, 0.6) is 0 Å². The molecule has 20 heavy (non-hydrogen) atoms. The molecule has 0 spiro atoms. The number of ketones is 1. The van der Waals surface area contributed by atoms with E-state index in [0.717, 1.165) is 36.6 Å². The van der Waals surface area contributed by atoms with Gasteiger partial charge in [0.15, 0.2) is 0 Å². The molecule has 0 amide bonds. The fourth-order valence-electron chi connectivity index (χ4n) is 1.72. The van der Waals surface area contributed by atoms with E-state index in [2.05, 4.69) is 6.92 Å². The van der Waals surface area contributed by atoms with Gasteiger partial charge in [0.05, 0.1) is 0 Å². The van der Waals surface area contributed by atoms with Crippen molar-refractivity contribution in [3.8, 4) is 0 Å². The fourth-order valence-corrected chi connectivity index (χ4v) is 2.15. The standard InChI is InChI=1S/C7H7Cl.C5H11Cl.C5H8O/c1-6-3-2-4-7(8)5-6;1-2-3-4-5-6;6-5-3-1-2-4-5/h2-5H,1H3;2-5H2,1H3;1-4H2. The first-order valence-corrected chi connectivity index (χ1v) is 8.31. The van der Waals surface area contributed by atoms with Crippen LogP contribution in [0.4, 0.5) is 0 Å². The highest BCUT2D eigenvalue weighted by atomic mass is 35.5. The Morgan fingerprint density at radius 3 is 2.05 bits per heavy atom. The molecule has 2 rings (SSSR count). The zero-order valence-electron chi connectivity index (χ0n) is 12.6. The molecule has 3 heteroatoms. The zero-order chi connectivity index (χ0) is 15.2. The number of aryl methyl sites for hydroxylation is 1. The molecule has 1 aromatic carbocycles. The SMILES string of the molecule is CCCCCCl.Cc1cccc(Cl)c1.O=C1CCCC1. The molecule has 0 N–H and O–H groups in total. The van der Waals surface area contributed by atoms with Crippen molar-refractivity contribution in [3.63, 3.8) is 0 Å². The number of unbranched alkanes of at least 4 members (excludes halogenated alkanes) is 2. The van der Waals surface area contributed by atoms with E-state index in [4.69, 9.17) is 23.2 Å². The Kier molecular flexibility index (Phi) is 13.1. The Hall–Kier alpha value is -0.530. The minimum atomic E-state index is 0.454. The van der Waals surface area contributed by atoms with Crippen LogP contribution >= 0.6 is 23.2 Å². The van der Waals surface area contributed by atoms with Crippen LogP contribution in [-0.2, 0) is 4.79 Å². The topological polar surface area (TPSA) is 17.1 Å². The van der Waals surface area contributed by atoms with Crippen molar-refractivity contribution < 1.29 is 4.79 Å². The highest BCUT2D eigenvalue weighted by molar-refractivity contribution is 6.30. The Labute approximate surface area is 133 Å². The first kappa shape index (κ1) is 19.5. The maximum absolute atomic E-state index is 10.2. The lowest BCUT2D eigenvalue weighted by molar-refractivity contribution is -0.117. The predicted octanol–water partition coefficient (Wildman–Crippen LogP) is 6.19. The molecule has 1 aliphatic carbocycles. The third-order valence-electron chi connectivity index (χ3n) is 2.88. The molecule has 1 aliphatic rings. The monoisotopic (exact) mass is 316 g/mol. The first-order valence-electron chi connectivity index (χ1n) is 7.40. The molecule has 0 unspecified atom stereocenters. The molecule has 0 bridgehead atoms. The number of hydrogen-bond acceptors (Lipinski definition) is 1. The summed E-state index contributed by atoms with van der Waals surface area (Å²) in [6.45, 7) is 4.19. The number of halogens is 2. The average molecular weight is 317 g/mol. The van der Waals surface area contributed by atoms with Crippen LogP contribution < -0.4 is 0 Å². The maximum Gasteiger partial charge on any atom is 0.132 e. The van der Waals surface area contributed by atoms with Crippen molar-refractivity contribution in [2.24, 2.45) is 0 Å². The van der Waals surface area contributed by atoms with Crippen LogP contribution in [0.2, 0.25) is 5.02 Å². The van der Waals surface area contributed by atoms with Crippen molar-refractivity contribution in [1.82, 2.24) is 0 Å². The van der Waals surface area contributed by atoms with Gasteiger partial charge in [-0.3, -0.25) is 4.79 Å². The van der Waals surface area contributed by atoms with Gasteiger partial charge in [-0.05, 0) is 43.9 Å². The van der Waals surface area contributed by atoms with E-state index in [1.165, 1.54) is 24.8 Å². The second-order valence-electron chi connectivity index (χ2n) is 4.94. The van der Waals surface area contributed by atoms with Crippen LogP contribution in [0.25, 0.3) is 0 Å². The Balaban J connectivity index is 0.000000276. The molecule has 0 saturated heterocycles. The third-order valence-corrected chi connectivity index (χ3v) is 3.38. The summed E-state index contributed by atoms with van der Waals surface area (Å²) in [4.78, 5) is 10.2. The van der Waals surface area contributed by atoms with Crippen LogP contribution in [-0.4, -0.2) is 11.7 Å². The molecule has 0 aromatic heterocycles. The molecule has 0 heterocycles. The summed E-state index contributed by atoms with van der Waals surface area (Å²) < 4.78 is 0. The van der Waals surface area contributed by atoms with Crippen LogP contribution in [0.3, 0.4) is 0 Å². The maximum atomic E-state index is 10.2. The quantitative estimate of drug-likeness (QED) is 0.479. The molecule has 0 radical (unpaired) electrons. The predicted molar refractivity (Wildman–Crippen MR) is 89.9 cm³/mol. The number of carbonyl (C=O) groups is 1. The van der Waals surface area contributed by atoms with E-state index >= 15 is 0 Å². The van der Waals surface area contributed by atoms with Gasteiger partial charge in [-0.2, -0.15) is 0 Å². The highest BCUT2D eigenvalue weighted by Crippen LogP contribution is 2.11. The number of hydrogen-bond donors (Lipinski definition) is 0. The van der Waals surface area contributed by atoms with Gasteiger partial charge in [-0.15, -0.1) is 11.6 Å². The number of carbonyl (C=O) groups excluding carboxylic acids is 1. The number of benzene rings is 1. The largest absolute Gasteiger partial charge is 0.300 e. The lowest BCUT2D eigenvalue weighted by Gasteiger charge is -1.88. The summed E-state index contributed by atoms with van der Waals surface area (Å²) in [5.74, 6) is 1.28. The van der Waals surface area contributed by atoms with Gasteiger partial charge < -0.3 is 0 Å². The second kappa shape index (κ2) is 13.5. The van der Waals surface area contributed by atoms with Gasteiger partial charge >= 0.3 is 0 Å². The summed E-state index contributed by atoms with van der Waals surface area (Å²) in [7, 11) is 0. The van der Waals surface area contributed by atoms with Crippen LogP contribution in [0, 0.1) is 6.92 Å². The van der Waals surface area contributed by atoms with Crippen molar-refractivity contribution in [3.05, 3.63) is 34.9 Å². The molecule has 1 aromatic rings. The van der Waals surface area contributed by atoms with Gasteiger partial charge in [0.25, 0.3) is 0 Å². The summed E-state index contributed by atoms with van der Waals surface area (Å²) >= 11 is 11.0. The zero-order valence-corrected chi connectivity index (χ0v) is 14.1. The minimum absolute atomic E-state index is 0.454.